The Bertz CT molecular complexity index is 1860. The molecule has 0 N–H and O–H groups in total. The maximum Gasteiger partial charge on any atom is 3.00 e. The van der Waals surface area contributed by atoms with Crippen molar-refractivity contribution in [2.75, 3.05) is 0 Å². The van der Waals surface area contributed by atoms with Crippen molar-refractivity contribution in [1.29, 1.82) is 0 Å². The van der Waals surface area contributed by atoms with Crippen LogP contribution in [0.15, 0.2) is 158 Å². The van der Waals surface area contributed by atoms with E-state index in [4.69, 9.17) is 0 Å². The van der Waals surface area contributed by atoms with Crippen molar-refractivity contribution in [1.82, 2.24) is 9.97 Å². The van der Waals surface area contributed by atoms with E-state index in [0.717, 1.165) is 30.4 Å². The van der Waals surface area contributed by atoms with Crippen LogP contribution < -0.4 is 10.6 Å². The quantitative estimate of drug-likeness (QED) is 0.0948. The van der Waals surface area contributed by atoms with Gasteiger partial charge < -0.3 is 9.97 Å². The van der Waals surface area contributed by atoms with E-state index in [2.05, 4.69) is 101 Å². The first kappa shape index (κ1) is 37.0. The Kier molecular flexibility index (Phi) is 14.6. The summed E-state index contributed by atoms with van der Waals surface area (Å²) in [6.07, 6.45) is 4.18. The largest absolute Gasteiger partial charge is 3.00 e. The molecule has 0 radical (unpaired) electrons. The average Bonchev–Trinajstić information content (AvgIpc) is 3.13. The Morgan fingerprint density at radius 3 is 1.35 bits per heavy atom. The second-order valence-electron chi connectivity index (χ2n) is 10.3. The van der Waals surface area contributed by atoms with Crippen molar-refractivity contribution in [2.24, 2.45) is 0 Å². The van der Waals surface area contributed by atoms with Crippen molar-refractivity contribution in [3.63, 3.8) is 0 Å². The van der Waals surface area contributed by atoms with Gasteiger partial charge in [0.1, 0.15) is 0 Å². The first-order valence-corrected chi connectivity index (χ1v) is 16.7. The molecule has 0 fully saturated rings. The molecule has 0 bridgehead atoms. The third-order valence-electron chi connectivity index (χ3n) is 6.94. The fourth-order valence-corrected chi connectivity index (χ4v) is 7.22. The molecule has 0 unspecified atom stereocenters. The summed E-state index contributed by atoms with van der Waals surface area (Å²) in [6, 6.07) is 52.5. The van der Waals surface area contributed by atoms with Gasteiger partial charge in [-0.2, -0.15) is 30.3 Å². The molecule has 2 aromatic heterocycles. The van der Waals surface area contributed by atoms with Crippen LogP contribution in [0.3, 0.4) is 0 Å². The number of rotatable bonds is 6. The predicted octanol–water partition coefficient (Wildman–Crippen LogP) is 9.50. The zero-order valence-electron chi connectivity index (χ0n) is 26.0. The first-order chi connectivity index (χ1) is 23.5. The molecule has 7 rings (SSSR count). The van der Waals surface area contributed by atoms with Crippen LogP contribution in [-0.4, -0.2) is 9.97 Å². The molecule has 0 atom stereocenters. The molecule has 0 saturated carbocycles. The number of aromatic nitrogens is 2. The first-order valence-electron chi connectivity index (χ1n) is 15.0. The van der Waals surface area contributed by atoms with E-state index in [9.17, 15) is 17.6 Å². The van der Waals surface area contributed by atoms with Crippen LogP contribution in [0.25, 0.3) is 22.5 Å². The number of nitrogens with zero attached hydrogens (tertiary/aromatic N) is 2. The van der Waals surface area contributed by atoms with Gasteiger partial charge in [-0.3, -0.25) is 17.6 Å². The van der Waals surface area contributed by atoms with Gasteiger partial charge in [-0.05, 0) is 47.8 Å². The fourth-order valence-electron chi connectivity index (χ4n) is 4.68. The Morgan fingerprint density at radius 1 is 0.510 bits per heavy atom. The number of hydrogen-bond acceptors (Lipinski definition) is 2. The van der Waals surface area contributed by atoms with Crippen molar-refractivity contribution < 1.29 is 37.7 Å². The molecule has 8 heteroatoms. The zero-order chi connectivity index (χ0) is 33.6. The summed E-state index contributed by atoms with van der Waals surface area (Å²) in [4.78, 5) is 7.89. The third kappa shape index (κ3) is 11.1. The molecule has 7 aromatic rings. The molecule has 244 valence electrons. The van der Waals surface area contributed by atoms with E-state index in [1.807, 2.05) is 12.1 Å². The molecule has 0 spiro atoms. The van der Waals surface area contributed by atoms with E-state index in [1.54, 1.807) is 48.8 Å². The fraction of sp³-hybridized carbons (Fsp3) is 0.0244. The van der Waals surface area contributed by atoms with Gasteiger partial charge in [0.25, 0.3) is 0 Å². The molecule has 0 aliphatic heterocycles. The zero-order valence-corrected chi connectivity index (χ0v) is 29.4. The van der Waals surface area contributed by atoms with Gasteiger partial charge in [0.2, 0.25) is 0 Å². The Hall–Kier alpha value is -4.80. The molecule has 0 aliphatic carbocycles. The predicted molar refractivity (Wildman–Crippen MR) is 186 cm³/mol. The smallest absolute Gasteiger partial charge is 0.305 e. The minimum absolute atomic E-state index is 0. The summed E-state index contributed by atoms with van der Waals surface area (Å²) in [5.74, 6) is -2.57. The Balaban J connectivity index is 0.000000168. The number of pyridine rings is 2. The van der Waals surface area contributed by atoms with E-state index in [1.165, 1.54) is 16.2 Å². The number of hydrogen-bond donors (Lipinski definition) is 0. The van der Waals surface area contributed by atoms with Gasteiger partial charge >= 0.3 is 20.1 Å². The summed E-state index contributed by atoms with van der Waals surface area (Å²) in [6.45, 7) is 0. The van der Waals surface area contributed by atoms with Gasteiger partial charge in [0.05, 0.1) is 24.7 Å². The number of benzene rings is 5. The minimum Gasteiger partial charge on any atom is -0.305 e. The second-order valence-corrected chi connectivity index (χ2v) is 12.8. The SMILES string of the molecule is Fc1c[c-]c(-c2ccccn2)c(F)c1.Fc1c[c-]c(-c2ccccn2)c(F)c1.[Ir+3].[c-]1ccccc1C[PH+](c1ccccc1)c1ccccc1. The normalized spacial score (nSPS) is 10.1. The number of halogens is 4. The van der Waals surface area contributed by atoms with Gasteiger partial charge in [0, 0.05) is 35.7 Å². The molecule has 5 aromatic carbocycles. The molecular weight excluding hydrogens is 820 g/mol. The summed E-state index contributed by atoms with van der Waals surface area (Å²) in [5, 5.41) is 2.92. The molecular formula is C41H29F4IrN2P+. The van der Waals surface area contributed by atoms with Crippen LogP contribution in [-0.2, 0) is 26.3 Å². The summed E-state index contributed by atoms with van der Waals surface area (Å²) in [7, 11) is -0.783. The standard InChI is InChI=1S/C19H16P.2C11H6F2N.Ir/c1-4-10-17(11-5-1)16-20(18-12-6-2-7-13-18)19-14-8-3-9-15-19;2*12-8-4-5-9(10(13)7-8)11-3-1-2-6-14-11;/h1-10,12-15H,16H2;2*1-4,6-7H;/q3*-1;+3/p+1. The van der Waals surface area contributed by atoms with Gasteiger partial charge in [-0.25, -0.2) is 0 Å². The third-order valence-corrected chi connectivity index (χ3v) is 9.74. The van der Waals surface area contributed by atoms with E-state index < -0.39 is 31.2 Å². The topological polar surface area (TPSA) is 25.8 Å². The second kappa shape index (κ2) is 19.3. The van der Waals surface area contributed by atoms with Crippen LogP contribution in [0.2, 0.25) is 0 Å². The summed E-state index contributed by atoms with van der Waals surface area (Å²) >= 11 is 0. The van der Waals surface area contributed by atoms with Crippen molar-refractivity contribution in [2.45, 2.75) is 6.16 Å². The van der Waals surface area contributed by atoms with E-state index >= 15 is 0 Å². The Morgan fingerprint density at radius 2 is 0.959 bits per heavy atom. The van der Waals surface area contributed by atoms with Crippen LogP contribution >= 0.6 is 7.92 Å². The van der Waals surface area contributed by atoms with Crippen LogP contribution in [0.1, 0.15) is 5.56 Å². The molecule has 2 heterocycles. The molecule has 2 nitrogen and oxygen atoms in total. The van der Waals surface area contributed by atoms with Gasteiger partial charge in [-0.1, -0.05) is 83.9 Å². The summed E-state index contributed by atoms with van der Waals surface area (Å²) < 4.78 is 51.6. The maximum atomic E-state index is 13.2. The minimum atomic E-state index is -0.783. The molecule has 0 amide bonds. The summed E-state index contributed by atoms with van der Waals surface area (Å²) in [5.41, 5.74) is 2.57. The molecule has 0 aliphatic rings. The van der Waals surface area contributed by atoms with Crippen LogP contribution in [0.5, 0.6) is 0 Å². The molecule has 0 saturated heterocycles. The van der Waals surface area contributed by atoms with Crippen molar-refractivity contribution in [3.8, 4) is 22.5 Å². The van der Waals surface area contributed by atoms with Crippen molar-refractivity contribution in [3.05, 3.63) is 205 Å². The van der Waals surface area contributed by atoms with Gasteiger partial charge in [0.15, 0.2) is 0 Å². The van der Waals surface area contributed by atoms with E-state index in [-0.39, 0.29) is 31.2 Å². The van der Waals surface area contributed by atoms with Crippen LogP contribution in [0.4, 0.5) is 17.6 Å². The van der Waals surface area contributed by atoms with Crippen LogP contribution in [0, 0.1) is 41.5 Å². The van der Waals surface area contributed by atoms with Crippen molar-refractivity contribution >= 4 is 18.5 Å². The maximum absolute atomic E-state index is 13.2. The van der Waals surface area contributed by atoms with Gasteiger partial charge in [-0.15, -0.1) is 29.8 Å². The average molecular weight is 849 g/mol. The molecule has 49 heavy (non-hydrogen) atoms. The monoisotopic (exact) mass is 849 g/mol. The van der Waals surface area contributed by atoms with E-state index in [0.29, 0.717) is 11.4 Å². The Labute approximate surface area is 298 Å².